The van der Waals surface area contributed by atoms with Gasteiger partial charge in [-0.3, -0.25) is 0 Å². The molecule has 0 saturated heterocycles. The number of aromatic nitrogens is 2. The van der Waals surface area contributed by atoms with E-state index in [1.54, 1.807) is 12.4 Å². The van der Waals surface area contributed by atoms with Gasteiger partial charge in [0, 0.05) is 12.4 Å². The summed E-state index contributed by atoms with van der Waals surface area (Å²) in [6, 6.07) is 10.3. The third-order valence-corrected chi connectivity index (χ3v) is 2.58. The van der Waals surface area contributed by atoms with Gasteiger partial charge in [0.05, 0.1) is 6.04 Å². The van der Waals surface area contributed by atoms with E-state index < -0.39 is 0 Å². The van der Waals surface area contributed by atoms with E-state index >= 15 is 0 Å². The molecular formula is C12H12ClN3. The van der Waals surface area contributed by atoms with Gasteiger partial charge in [-0.2, -0.15) is 0 Å². The number of hydrogen-bond acceptors (Lipinski definition) is 3. The summed E-state index contributed by atoms with van der Waals surface area (Å²) in [5, 5.41) is 3.61. The van der Waals surface area contributed by atoms with Gasteiger partial charge < -0.3 is 5.32 Å². The van der Waals surface area contributed by atoms with Crippen LogP contribution >= 0.6 is 11.6 Å². The van der Waals surface area contributed by atoms with Crippen LogP contribution in [0.4, 0.5) is 5.82 Å². The molecule has 1 aromatic carbocycles. The molecule has 2 rings (SSSR count). The van der Waals surface area contributed by atoms with Gasteiger partial charge in [0.25, 0.3) is 0 Å². The molecule has 16 heavy (non-hydrogen) atoms. The van der Waals surface area contributed by atoms with Crippen LogP contribution in [0.2, 0.25) is 5.15 Å². The maximum Gasteiger partial charge on any atom is 0.171 e. The van der Waals surface area contributed by atoms with E-state index in [1.165, 1.54) is 5.56 Å². The van der Waals surface area contributed by atoms with Crippen molar-refractivity contribution >= 4 is 17.4 Å². The minimum Gasteiger partial charge on any atom is -0.361 e. The summed E-state index contributed by atoms with van der Waals surface area (Å²) in [6.45, 7) is 2.06. The SMILES string of the molecule is CC(Nc1nccnc1Cl)c1ccccc1. The Labute approximate surface area is 99.5 Å². The normalized spacial score (nSPS) is 12.1. The van der Waals surface area contributed by atoms with Crippen LogP contribution in [-0.4, -0.2) is 9.97 Å². The molecule has 0 aliphatic heterocycles. The maximum absolute atomic E-state index is 5.92. The Morgan fingerprint density at radius 2 is 1.81 bits per heavy atom. The second-order valence-corrected chi connectivity index (χ2v) is 3.83. The summed E-state index contributed by atoms with van der Waals surface area (Å²) in [7, 11) is 0. The Bertz CT molecular complexity index is 459. The van der Waals surface area contributed by atoms with Crippen molar-refractivity contribution in [3.63, 3.8) is 0 Å². The molecule has 0 amide bonds. The van der Waals surface area contributed by atoms with E-state index in [9.17, 15) is 0 Å². The molecule has 0 bridgehead atoms. The van der Waals surface area contributed by atoms with Crippen molar-refractivity contribution in [2.45, 2.75) is 13.0 Å². The standard InChI is InChI=1S/C12H12ClN3/c1-9(10-5-3-2-4-6-10)16-12-11(13)14-7-8-15-12/h2-9H,1H3,(H,15,16). The number of hydrogen-bond donors (Lipinski definition) is 1. The predicted molar refractivity (Wildman–Crippen MR) is 65.5 cm³/mol. The van der Waals surface area contributed by atoms with Gasteiger partial charge >= 0.3 is 0 Å². The van der Waals surface area contributed by atoms with Crippen LogP contribution in [-0.2, 0) is 0 Å². The smallest absolute Gasteiger partial charge is 0.171 e. The third kappa shape index (κ3) is 2.49. The summed E-state index contributed by atoms with van der Waals surface area (Å²) >= 11 is 5.92. The van der Waals surface area contributed by atoms with Gasteiger partial charge in [-0.15, -0.1) is 0 Å². The van der Waals surface area contributed by atoms with Crippen molar-refractivity contribution in [1.29, 1.82) is 0 Å². The molecule has 1 heterocycles. The molecule has 0 aliphatic carbocycles. The second kappa shape index (κ2) is 4.94. The fourth-order valence-electron chi connectivity index (χ4n) is 1.45. The lowest BCUT2D eigenvalue weighted by molar-refractivity contribution is 0.871. The van der Waals surface area contributed by atoms with E-state index in [1.807, 2.05) is 18.2 Å². The predicted octanol–water partition coefficient (Wildman–Crippen LogP) is 3.30. The zero-order valence-electron chi connectivity index (χ0n) is 8.89. The minimum absolute atomic E-state index is 0.149. The summed E-state index contributed by atoms with van der Waals surface area (Å²) in [5.74, 6) is 0.612. The molecule has 82 valence electrons. The lowest BCUT2D eigenvalue weighted by Crippen LogP contribution is -2.08. The summed E-state index contributed by atoms with van der Waals surface area (Å²) < 4.78 is 0. The van der Waals surface area contributed by atoms with Crippen LogP contribution < -0.4 is 5.32 Å². The number of benzene rings is 1. The fraction of sp³-hybridized carbons (Fsp3) is 0.167. The lowest BCUT2D eigenvalue weighted by Gasteiger charge is -2.14. The Morgan fingerprint density at radius 3 is 2.50 bits per heavy atom. The first-order chi connectivity index (χ1) is 7.77. The third-order valence-electron chi connectivity index (χ3n) is 2.31. The quantitative estimate of drug-likeness (QED) is 0.884. The van der Waals surface area contributed by atoms with E-state index in [-0.39, 0.29) is 6.04 Å². The van der Waals surface area contributed by atoms with Crippen LogP contribution in [0.3, 0.4) is 0 Å². The zero-order chi connectivity index (χ0) is 11.4. The molecule has 4 heteroatoms. The fourth-order valence-corrected chi connectivity index (χ4v) is 1.61. The molecule has 0 radical (unpaired) electrons. The molecular weight excluding hydrogens is 222 g/mol. The van der Waals surface area contributed by atoms with Crippen molar-refractivity contribution < 1.29 is 0 Å². The minimum atomic E-state index is 0.149. The molecule has 3 nitrogen and oxygen atoms in total. The van der Waals surface area contributed by atoms with E-state index in [0.29, 0.717) is 11.0 Å². The molecule has 0 fully saturated rings. The molecule has 0 aliphatic rings. The first-order valence-corrected chi connectivity index (χ1v) is 5.43. The summed E-state index contributed by atoms with van der Waals surface area (Å²) in [4.78, 5) is 8.10. The lowest BCUT2D eigenvalue weighted by atomic mass is 10.1. The van der Waals surface area contributed by atoms with Crippen LogP contribution in [0.5, 0.6) is 0 Å². The first kappa shape index (κ1) is 10.9. The highest BCUT2D eigenvalue weighted by molar-refractivity contribution is 6.31. The molecule has 1 N–H and O–H groups in total. The molecule has 0 saturated carbocycles. The van der Waals surface area contributed by atoms with Gasteiger partial charge in [0.15, 0.2) is 11.0 Å². The van der Waals surface area contributed by atoms with Crippen molar-refractivity contribution in [2.24, 2.45) is 0 Å². The number of anilines is 1. The van der Waals surface area contributed by atoms with Crippen LogP contribution in [0.15, 0.2) is 42.7 Å². The van der Waals surface area contributed by atoms with E-state index in [0.717, 1.165) is 0 Å². The van der Waals surface area contributed by atoms with Crippen molar-refractivity contribution in [3.8, 4) is 0 Å². The van der Waals surface area contributed by atoms with Crippen LogP contribution in [0.25, 0.3) is 0 Å². The summed E-state index contributed by atoms with van der Waals surface area (Å²) in [5.41, 5.74) is 1.18. The largest absolute Gasteiger partial charge is 0.361 e. The van der Waals surface area contributed by atoms with Gasteiger partial charge in [-0.05, 0) is 12.5 Å². The maximum atomic E-state index is 5.92. The summed E-state index contributed by atoms with van der Waals surface area (Å²) in [6.07, 6.45) is 3.19. The van der Waals surface area contributed by atoms with E-state index in [2.05, 4.69) is 34.3 Å². The topological polar surface area (TPSA) is 37.8 Å². The average Bonchev–Trinajstić information content (AvgIpc) is 2.33. The Hall–Kier alpha value is -1.61. The van der Waals surface area contributed by atoms with Gasteiger partial charge in [-0.25, -0.2) is 9.97 Å². The molecule has 1 unspecified atom stereocenters. The Kier molecular flexibility index (Phi) is 3.37. The second-order valence-electron chi connectivity index (χ2n) is 3.47. The van der Waals surface area contributed by atoms with Gasteiger partial charge in [0.1, 0.15) is 0 Å². The Morgan fingerprint density at radius 1 is 1.12 bits per heavy atom. The van der Waals surface area contributed by atoms with Gasteiger partial charge in [0.2, 0.25) is 0 Å². The number of rotatable bonds is 3. The number of nitrogens with one attached hydrogen (secondary N) is 1. The first-order valence-electron chi connectivity index (χ1n) is 5.05. The monoisotopic (exact) mass is 233 g/mol. The zero-order valence-corrected chi connectivity index (χ0v) is 9.65. The molecule has 1 aromatic heterocycles. The molecule has 0 spiro atoms. The molecule has 1 atom stereocenters. The highest BCUT2D eigenvalue weighted by atomic mass is 35.5. The van der Waals surface area contributed by atoms with Gasteiger partial charge in [-0.1, -0.05) is 41.9 Å². The average molecular weight is 234 g/mol. The number of halogens is 1. The molecule has 2 aromatic rings. The van der Waals surface area contributed by atoms with Crippen molar-refractivity contribution in [3.05, 3.63) is 53.4 Å². The van der Waals surface area contributed by atoms with Crippen molar-refractivity contribution in [1.82, 2.24) is 9.97 Å². The highest BCUT2D eigenvalue weighted by Gasteiger charge is 2.08. The Balaban J connectivity index is 2.14. The van der Waals surface area contributed by atoms with Crippen LogP contribution in [0.1, 0.15) is 18.5 Å². The highest BCUT2D eigenvalue weighted by Crippen LogP contribution is 2.21. The van der Waals surface area contributed by atoms with Crippen LogP contribution in [0, 0.1) is 0 Å². The number of nitrogens with zero attached hydrogens (tertiary/aromatic N) is 2. The van der Waals surface area contributed by atoms with Crippen molar-refractivity contribution in [2.75, 3.05) is 5.32 Å². The van der Waals surface area contributed by atoms with E-state index in [4.69, 9.17) is 11.6 Å².